The van der Waals surface area contributed by atoms with Crippen molar-refractivity contribution in [3.8, 4) is 5.75 Å². The second-order valence-electron chi connectivity index (χ2n) is 5.21. The lowest BCUT2D eigenvalue weighted by atomic mass is 10.1. The van der Waals surface area contributed by atoms with E-state index >= 15 is 0 Å². The molecule has 1 fully saturated rings. The summed E-state index contributed by atoms with van der Waals surface area (Å²) in [7, 11) is 0. The summed E-state index contributed by atoms with van der Waals surface area (Å²) < 4.78 is 5.49. The fraction of sp³-hybridized carbons (Fsp3) is 0.467. The minimum atomic E-state index is -0.0775. The lowest BCUT2D eigenvalue weighted by molar-refractivity contribution is -0.116. The number of carbonyl (C=O) groups is 2. The van der Waals surface area contributed by atoms with E-state index in [1.807, 2.05) is 4.90 Å². The largest absolute Gasteiger partial charge is 0.491 e. The monoisotopic (exact) mass is 274 g/mol. The zero-order chi connectivity index (χ0) is 13.9. The maximum Gasteiger partial charge on any atom is 0.253 e. The van der Waals surface area contributed by atoms with Gasteiger partial charge in [0, 0.05) is 18.7 Å². The Bertz CT molecular complexity index is 536. The van der Waals surface area contributed by atoms with Crippen molar-refractivity contribution in [2.24, 2.45) is 0 Å². The predicted molar refractivity (Wildman–Crippen MR) is 74.9 cm³/mol. The molecule has 0 spiro atoms. The van der Waals surface area contributed by atoms with Gasteiger partial charge in [-0.1, -0.05) is 0 Å². The molecular weight excluding hydrogens is 256 g/mol. The van der Waals surface area contributed by atoms with Crippen LogP contribution in [0.3, 0.4) is 0 Å². The van der Waals surface area contributed by atoms with Crippen LogP contribution in [0.25, 0.3) is 0 Å². The third-order valence-corrected chi connectivity index (χ3v) is 3.73. The topological polar surface area (TPSA) is 58.6 Å². The third-order valence-electron chi connectivity index (χ3n) is 3.73. The number of anilines is 1. The smallest absolute Gasteiger partial charge is 0.253 e. The van der Waals surface area contributed by atoms with Crippen LogP contribution in [0.1, 0.15) is 36.0 Å². The van der Waals surface area contributed by atoms with Crippen LogP contribution >= 0.6 is 0 Å². The first-order valence-electron chi connectivity index (χ1n) is 7.10. The molecule has 2 amide bonds. The summed E-state index contributed by atoms with van der Waals surface area (Å²) in [5, 5.41) is 2.79. The average Bonchev–Trinajstić information content (AvgIpc) is 2.67. The quantitative estimate of drug-likeness (QED) is 0.852. The standard InChI is InChI=1S/C15H18N2O3/c18-14-6-9-20-13-5-4-11(10-12(13)16-14)15(19)17-7-2-1-3-8-17/h4-5,10H,1-3,6-9H2,(H,16,18). The highest BCUT2D eigenvalue weighted by Gasteiger charge is 2.21. The Morgan fingerprint density at radius 1 is 1.20 bits per heavy atom. The van der Waals surface area contributed by atoms with Crippen LogP contribution in [0.2, 0.25) is 0 Å². The summed E-state index contributed by atoms with van der Waals surface area (Å²) in [6, 6.07) is 5.25. The predicted octanol–water partition coefficient (Wildman–Crippen LogP) is 2.03. The number of ether oxygens (including phenoxy) is 1. The van der Waals surface area contributed by atoms with E-state index in [-0.39, 0.29) is 11.8 Å². The minimum Gasteiger partial charge on any atom is -0.491 e. The van der Waals surface area contributed by atoms with E-state index in [1.54, 1.807) is 18.2 Å². The number of hydrogen-bond donors (Lipinski definition) is 1. The Morgan fingerprint density at radius 2 is 2.00 bits per heavy atom. The summed E-state index contributed by atoms with van der Waals surface area (Å²) in [6.45, 7) is 2.01. The van der Waals surface area contributed by atoms with Crippen LogP contribution in [0.4, 0.5) is 5.69 Å². The fourth-order valence-corrected chi connectivity index (χ4v) is 2.63. The summed E-state index contributed by atoms with van der Waals surface area (Å²) in [6.07, 6.45) is 3.66. The zero-order valence-corrected chi connectivity index (χ0v) is 11.4. The van der Waals surface area contributed by atoms with Crippen LogP contribution in [-0.2, 0) is 4.79 Å². The van der Waals surface area contributed by atoms with E-state index in [1.165, 1.54) is 6.42 Å². The molecule has 5 heteroatoms. The van der Waals surface area contributed by atoms with Crippen molar-refractivity contribution in [2.45, 2.75) is 25.7 Å². The van der Waals surface area contributed by atoms with Gasteiger partial charge in [0.2, 0.25) is 5.91 Å². The SMILES string of the molecule is O=C1CCOc2ccc(C(=O)N3CCCCC3)cc2N1. The molecule has 2 aliphatic rings. The normalized spacial score (nSPS) is 18.6. The number of benzene rings is 1. The molecule has 106 valence electrons. The van der Waals surface area contributed by atoms with Crippen LogP contribution < -0.4 is 10.1 Å². The van der Waals surface area contributed by atoms with Gasteiger partial charge in [-0.15, -0.1) is 0 Å². The van der Waals surface area contributed by atoms with Gasteiger partial charge < -0.3 is 15.0 Å². The van der Waals surface area contributed by atoms with E-state index in [0.29, 0.717) is 30.0 Å². The average molecular weight is 274 g/mol. The second kappa shape index (κ2) is 5.53. The van der Waals surface area contributed by atoms with Crippen molar-refractivity contribution in [3.63, 3.8) is 0 Å². The lowest BCUT2D eigenvalue weighted by Gasteiger charge is -2.27. The molecule has 2 heterocycles. The van der Waals surface area contributed by atoms with Gasteiger partial charge in [0.25, 0.3) is 5.91 Å². The van der Waals surface area contributed by atoms with Gasteiger partial charge in [-0.25, -0.2) is 0 Å². The van der Waals surface area contributed by atoms with Crippen LogP contribution in [0, 0.1) is 0 Å². The second-order valence-corrected chi connectivity index (χ2v) is 5.21. The fourth-order valence-electron chi connectivity index (χ4n) is 2.63. The van der Waals surface area contributed by atoms with Gasteiger partial charge in [0.05, 0.1) is 18.7 Å². The number of carbonyl (C=O) groups excluding carboxylic acids is 2. The van der Waals surface area contributed by atoms with Crippen molar-refractivity contribution in [2.75, 3.05) is 25.0 Å². The number of fused-ring (bicyclic) bond motifs is 1. The Morgan fingerprint density at radius 3 is 2.80 bits per heavy atom. The number of nitrogens with zero attached hydrogens (tertiary/aromatic N) is 1. The summed E-state index contributed by atoms with van der Waals surface area (Å²) in [5.74, 6) is 0.586. The van der Waals surface area contributed by atoms with Crippen molar-refractivity contribution < 1.29 is 14.3 Å². The molecule has 0 saturated carbocycles. The molecule has 3 rings (SSSR count). The molecule has 1 saturated heterocycles. The Balaban J connectivity index is 1.83. The Hall–Kier alpha value is -2.04. The molecule has 1 aromatic carbocycles. The number of rotatable bonds is 1. The summed E-state index contributed by atoms with van der Waals surface area (Å²) in [5.41, 5.74) is 1.20. The zero-order valence-electron chi connectivity index (χ0n) is 11.4. The number of likely N-dealkylation sites (tertiary alicyclic amines) is 1. The van der Waals surface area contributed by atoms with Crippen LogP contribution in [0.5, 0.6) is 5.75 Å². The maximum absolute atomic E-state index is 12.4. The molecular formula is C15H18N2O3. The van der Waals surface area contributed by atoms with E-state index in [2.05, 4.69) is 5.32 Å². The summed E-state index contributed by atoms with van der Waals surface area (Å²) in [4.78, 5) is 25.8. The third kappa shape index (κ3) is 2.61. The molecule has 1 aromatic rings. The van der Waals surface area contributed by atoms with Gasteiger partial charge in [0.1, 0.15) is 5.75 Å². The van der Waals surface area contributed by atoms with E-state index < -0.39 is 0 Å². The Kier molecular flexibility index (Phi) is 3.58. The Labute approximate surface area is 117 Å². The molecule has 0 radical (unpaired) electrons. The minimum absolute atomic E-state index is 0.0333. The first-order chi connectivity index (χ1) is 9.74. The van der Waals surface area contributed by atoms with Gasteiger partial charge in [0.15, 0.2) is 0 Å². The van der Waals surface area contributed by atoms with Gasteiger partial charge in [-0.05, 0) is 37.5 Å². The number of hydrogen-bond acceptors (Lipinski definition) is 3. The van der Waals surface area contributed by atoms with Crippen LogP contribution in [-0.4, -0.2) is 36.4 Å². The van der Waals surface area contributed by atoms with Gasteiger partial charge in [-0.2, -0.15) is 0 Å². The van der Waals surface area contributed by atoms with Crippen molar-refractivity contribution >= 4 is 17.5 Å². The molecule has 1 N–H and O–H groups in total. The first kappa shape index (κ1) is 13.0. The highest BCUT2D eigenvalue weighted by Crippen LogP contribution is 2.28. The molecule has 0 aliphatic carbocycles. The van der Waals surface area contributed by atoms with Crippen LogP contribution in [0.15, 0.2) is 18.2 Å². The molecule has 0 aromatic heterocycles. The number of piperidine rings is 1. The van der Waals surface area contributed by atoms with Gasteiger partial charge >= 0.3 is 0 Å². The van der Waals surface area contributed by atoms with Crippen molar-refractivity contribution in [1.29, 1.82) is 0 Å². The molecule has 20 heavy (non-hydrogen) atoms. The van der Waals surface area contributed by atoms with Crippen molar-refractivity contribution in [1.82, 2.24) is 4.90 Å². The van der Waals surface area contributed by atoms with E-state index in [4.69, 9.17) is 4.74 Å². The summed E-state index contributed by atoms with van der Waals surface area (Å²) >= 11 is 0. The molecule has 0 bridgehead atoms. The lowest BCUT2D eigenvalue weighted by Crippen LogP contribution is -2.35. The highest BCUT2D eigenvalue weighted by atomic mass is 16.5. The van der Waals surface area contributed by atoms with Gasteiger partial charge in [-0.3, -0.25) is 9.59 Å². The number of nitrogens with one attached hydrogen (secondary N) is 1. The molecule has 5 nitrogen and oxygen atoms in total. The maximum atomic E-state index is 12.4. The number of amides is 2. The van der Waals surface area contributed by atoms with E-state index in [0.717, 1.165) is 25.9 Å². The highest BCUT2D eigenvalue weighted by molar-refractivity contribution is 5.98. The molecule has 0 unspecified atom stereocenters. The van der Waals surface area contributed by atoms with Crippen molar-refractivity contribution in [3.05, 3.63) is 23.8 Å². The molecule has 2 aliphatic heterocycles. The van der Waals surface area contributed by atoms with E-state index in [9.17, 15) is 9.59 Å². The first-order valence-corrected chi connectivity index (χ1v) is 7.10. The molecule has 0 atom stereocenters.